The van der Waals surface area contributed by atoms with Crippen molar-refractivity contribution in [2.75, 3.05) is 58.9 Å². The molecule has 0 radical (unpaired) electrons. The first-order valence-corrected chi connectivity index (χ1v) is 10.9. The SMILES string of the molecule is CSNCCOCCOCCNC(=O)COC(C)(C)C(F)CNC(=O)C(C)S. The summed E-state index contributed by atoms with van der Waals surface area (Å²) in [6.45, 7) is 7.15. The van der Waals surface area contributed by atoms with Gasteiger partial charge in [0.15, 0.2) is 0 Å². The molecule has 3 N–H and O–H groups in total. The Balaban J connectivity index is 3.76. The Morgan fingerprint density at radius 3 is 2.29 bits per heavy atom. The number of alkyl halides is 1. The van der Waals surface area contributed by atoms with E-state index in [4.69, 9.17) is 14.2 Å². The summed E-state index contributed by atoms with van der Waals surface area (Å²) in [7, 11) is 0. The average Bonchev–Trinajstić information content (AvgIpc) is 2.65. The van der Waals surface area contributed by atoms with Crippen molar-refractivity contribution in [3.8, 4) is 0 Å². The van der Waals surface area contributed by atoms with Crippen LogP contribution >= 0.6 is 24.6 Å². The van der Waals surface area contributed by atoms with Crippen molar-refractivity contribution < 1.29 is 28.2 Å². The minimum Gasteiger partial charge on any atom is -0.378 e. The molecule has 28 heavy (non-hydrogen) atoms. The molecule has 0 aromatic carbocycles. The van der Waals surface area contributed by atoms with E-state index in [1.807, 2.05) is 6.26 Å². The van der Waals surface area contributed by atoms with Gasteiger partial charge < -0.3 is 24.8 Å². The van der Waals surface area contributed by atoms with Crippen LogP contribution in [0, 0.1) is 0 Å². The number of thiol groups is 1. The first kappa shape index (κ1) is 27.4. The van der Waals surface area contributed by atoms with Gasteiger partial charge in [0.1, 0.15) is 12.8 Å². The fourth-order valence-corrected chi connectivity index (χ4v) is 2.16. The summed E-state index contributed by atoms with van der Waals surface area (Å²) in [6.07, 6.45) is 0.482. The van der Waals surface area contributed by atoms with E-state index in [-0.39, 0.29) is 25.0 Å². The number of carbonyl (C=O) groups excluding carboxylic acids is 2. The van der Waals surface area contributed by atoms with E-state index in [9.17, 15) is 14.0 Å². The molecular formula is C17H34FN3O5S2. The van der Waals surface area contributed by atoms with Crippen molar-refractivity contribution in [3.63, 3.8) is 0 Å². The summed E-state index contributed by atoms with van der Waals surface area (Å²) in [6, 6.07) is 0. The van der Waals surface area contributed by atoms with Crippen LogP contribution in [0.5, 0.6) is 0 Å². The van der Waals surface area contributed by atoms with Gasteiger partial charge in [0, 0.05) is 13.1 Å². The maximum absolute atomic E-state index is 14.2. The molecule has 0 saturated heterocycles. The maximum Gasteiger partial charge on any atom is 0.246 e. The molecule has 0 aromatic rings. The van der Waals surface area contributed by atoms with Gasteiger partial charge in [0.2, 0.25) is 11.8 Å². The summed E-state index contributed by atoms with van der Waals surface area (Å²) in [5, 5.41) is 4.56. The fraction of sp³-hybridized carbons (Fsp3) is 0.882. The van der Waals surface area contributed by atoms with E-state index < -0.39 is 17.0 Å². The lowest BCUT2D eigenvalue weighted by Gasteiger charge is -2.29. The van der Waals surface area contributed by atoms with Gasteiger partial charge in [-0.2, -0.15) is 12.6 Å². The Morgan fingerprint density at radius 2 is 1.71 bits per heavy atom. The second kappa shape index (κ2) is 16.2. The van der Waals surface area contributed by atoms with Crippen LogP contribution in [0.2, 0.25) is 0 Å². The third kappa shape index (κ3) is 14.4. The van der Waals surface area contributed by atoms with E-state index >= 15 is 0 Å². The summed E-state index contributed by atoms with van der Waals surface area (Å²) < 4.78 is 33.3. The maximum atomic E-state index is 14.2. The van der Waals surface area contributed by atoms with Crippen LogP contribution in [-0.4, -0.2) is 87.8 Å². The van der Waals surface area contributed by atoms with Crippen LogP contribution in [0.4, 0.5) is 4.39 Å². The zero-order chi connectivity index (χ0) is 21.4. The number of nitrogens with one attached hydrogen (secondary N) is 3. The lowest BCUT2D eigenvalue weighted by molar-refractivity contribution is -0.136. The second-order valence-electron chi connectivity index (χ2n) is 6.45. The van der Waals surface area contributed by atoms with Crippen LogP contribution in [-0.2, 0) is 23.8 Å². The van der Waals surface area contributed by atoms with Gasteiger partial charge in [-0.05, 0) is 27.0 Å². The molecular weight excluding hydrogens is 409 g/mol. The molecule has 0 aromatic heterocycles. The van der Waals surface area contributed by atoms with E-state index in [0.29, 0.717) is 33.0 Å². The van der Waals surface area contributed by atoms with E-state index in [0.717, 1.165) is 6.54 Å². The summed E-state index contributed by atoms with van der Waals surface area (Å²) in [4.78, 5) is 23.2. The Kier molecular flexibility index (Phi) is 15.9. The molecule has 0 heterocycles. The number of halogens is 1. The lowest BCUT2D eigenvalue weighted by Crippen LogP contribution is -2.46. The predicted octanol–water partition coefficient (Wildman–Crippen LogP) is 0.571. The molecule has 0 aliphatic carbocycles. The third-order valence-corrected chi connectivity index (χ3v) is 4.33. The quantitative estimate of drug-likeness (QED) is 0.148. The topological polar surface area (TPSA) is 97.9 Å². The number of amides is 2. The van der Waals surface area contributed by atoms with Crippen molar-refractivity contribution in [3.05, 3.63) is 0 Å². The van der Waals surface area contributed by atoms with E-state index in [2.05, 4.69) is 28.0 Å². The van der Waals surface area contributed by atoms with Crippen LogP contribution in [0.3, 0.4) is 0 Å². The molecule has 0 aliphatic rings. The van der Waals surface area contributed by atoms with Crippen LogP contribution < -0.4 is 15.4 Å². The number of hydrogen-bond donors (Lipinski definition) is 4. The molecule has 8 nitrogen and oxygen atoms in total. The highest BCUT2D eigenvalue weighted by molar-refractivity contribution is 7.96. The van der Waals surface area contributed by atoms with Gasteiger partial charge in [-0.1, -0.05) is 11.9 Å². The molecule has 0 fully saturated rings. The Bertz CT molecular complexity index is 445. The largest absolute Gasteiger partial charge is 0.378 e. The fourth-order valence-electron chi connectivity index (χ4n) is 1.78. The van der Waals surface area contributed by atoms with Gasteiger partial charge in [-0.25, -0.2) is 4.39 Å². The van der Waals surface area contributed by atoms with Crippen molar-refractivity contribution >= 4 is 36.4 Å². The van der Waals surface area contributed by atoms with Crippen molar-refractivity contribution in [2.24, 2.45) is 0 Å². The van der Waals surface area contributed by atoms with E-state index in [1.54, 1.807) is 6.92 Å². The van der Waals surface area contributed by atoms with Crippen LogP contribution in [0.1, 0.15) is 20.8 Å². The molecule has 0 aliphatic heterocycles. The smallest absolute Gasteiger partial charge is 0.246 e. The van der Waals surface area contributed by atoms with Gasteiger partial charge in [0.25, 0.3) is 0 Å². The molecule has 166 valence electrons. The normalized spacial score (nSPS) is 13.8. The number of rotatable bonds is 17. The standard InChI is InChI=1S/C17H34FN3O5S2/c1-13(27)16(23)20-11-14(18)17(2,3)26-12-15(22)19-5-7-24-9-10-25-8-6-21-28-4/h13-14,21,27H,5-12H2,1-4H3,(H,19,22)(H,20,23). The first-order valence-electron chi connectivity index (χ1n) is 9.12. The van der Waals surface area contributed by atoms with Gasteiger partial charge in [-0.3, -0.25) is 14.3 Å². The van der Waals surface area contributed by atoms with Gasteiger partial charge >= 0.3 is 0 Å². The van der Waals surface area contributed by atoms with Gasteiger partial charge in [-0.15, -0.1) is 0 Å². The lowest BCUT2D eigenvalue weighted by atomic mass is 10.0. The highest BCUT2D eigenvalue weighted by atomic mass is 32.2. The van der Waals surface area contributed by atoms with Crippen molar-refractivity contribution in [1.82, 2.24) is 15.4 Å². The van der Waals surface area contributed by atoms with Crippen LogP contribution in [0.15, 0.2) is 0 Å². The number of ether oxygens (including phenoxy) is 3. The Labute approximate surface area is 176 Å². The van der Waals surface area contributed by atoms with Crippen molar-refractivity contribution in [1.29, 1.82) is 0 Å². The highest BCUT2D eigenvalue weighted by Crippen LogP contribution is 2.17. The minimum absolute atomic E-state index is 0.207. The molecule has 0 saturated carbocycles. The molecule has 0 spiro atoms. The highest BCUT2D eigenvalue weighted by Gasteiger charge is 2.31. The zero-order valence-corrected chi connectivity index (χ0v) is 18.8. The average molecular weight is 444 g/mol. The van der Waals surface area contributed by atoms with E-state index in [1.165, 1.54) is 25.8 Å². The minimum atomic E-state index is -1.47. The molecule has 11 heteroatoms. The molecule has 0 rings (SSSR count). The van der Waals surface area contributed by atoms with Gasteiger partial charge in [0.05, 0.1) is 43.8 Å². The second-order valence-corrected chi connectivity index (χ2v) is 7.93. The molecule has 2 atom stereocenters. The summed E-state index contributed by atoms with van der Waals surface area (Å²) in [5.74, 6) is -0.724. The predicted molar refractivity (Wildman–Crippen MR) is 113 cm³/mol. The molecule has 2 unspecified atom stereocenters. The number of carbonyl (C=O) groups is 2. The Morgan fingerprint density at radius 1 is 1.11 bits per heavy atom. The summed E-state index contributed by atoms with van der Waals surface area (Å²) >= 11 is 5.51. The van der Waals surface area contributed by atoms with Crippen molar-refractivity contribution in [2.45, 2.75) is 37.8 Å². The zero-order valence-electron chi connectivity index (χ0n) is 17.1. The van der Waals surface area contributed by atoms with Crippen LogP contribution in [0.25, 0.3) is 0 Å². The Hall–Kier alpha value is -0.590. The number of hydrogen-bond acceptors (Lipinski definition) is 8. The third-order valence-electron chi connectivity index (χ3n) is 3.60. The summed E-state index contributed by atoms with van der Waals surface area (Å²) in [5.41, 5.74) is -1.22. The molecule has 2 amide bonds. The monoisotopic (exact) mass is 443 g/mol. The molecule has 0 bridgehead atoms. The first-order chi connectivity index (χ1) is 13.2.